The predicted octanol–water partition coefficient (Wildman–Crippen LogP) is 2.93. The number of nitrogens with zero attached hydrogens (tertiary/aromatic N) is 1. The summed E-state index contributed by atoms with van der Waals surface area (Å²) < 4.78 is 46.8. The fourth-order valence-electron chi connectivity index (χ4n) is 3.25. The Morgan fingerprint density at radius 2 is 1.70 bits per heavy atom. The lowest BCUT2D eigenvalue weighted by atomic mass is 10.0. The summed E-state index contributed by atoms with van der Waals surface area (Å²) in [6.45, 7) is 0. The highest BCUT2D eigenvalue weighted by atomic mass is 32.2. The fourth-order valence-corrected chi connectivity index (χ4v) is 4.35. The zero-order valence-electron chi connectivity index (χ0n) is 17.9. The molecular formula is C23H22FN3O5S. The average Bonchev–Trinajstić information content (AvgIpc) is 2.79. The van der Waals surface area contributed by atoms with Gasteiger partial charge in [-0.15, -0.1) is 0 Å². The number of methoxy groups -OCH3 is 1. The van der Waals surface area contributed by atoms with E-state index in [1.165, 1.54) is 68.8 Å². The van der Waals surface area contributed by atoms with Crippen LogP contribution in [0.25, 0.3) is 0 Å². The van der Waals surface area contributed by atoms with Gasteiger partial charge in [-0.1, -0.05) is 18.2 Å². The second-order valence-corrected chi connectivity index (χ2v) is 8.82. The first-order chi connectivity index (χ1) is 15.6. The van der Waals surface area contributed by atoms with Crippen LogP contribution in [0.4, 0.5) is 10.1 Å². The van der Waals surface area contributed by atoms with Crippen LogP contribution < -0.4 is 15.2 Å². The SMILES string of the molecule is COc1ccc(NS(=O)(=O)c2cccc(C(=O)N(C)C(C(N)=O)c3cccc(F)c3)c2)cc1. The van der Waals surface area contributed by atoms with Crippen molar-refractivity contribution in [2.75, 3.05) is 18.9 Å². The fraction of sp³-hybridized carbons (Fsp3) is 0.130. The van der Waals surface area contributed by atoms with Gasteiger partial charge in [0.05, 0.1) is 12.0 Å². The molecule has 0 saturated heterocycles. The Bertz CT molecular complexity index is 1280. The Labute approximate surface area is 190 Å². The van der Waals surface area contributed by atoms with Crippen LogP contribution in [0.1, 0.15) is 22.0 Å². The molecule has 0 bridgehead atoms. The normalized spacial score (nSPS) is 12.0. The lowest BCUT2D eigenvalue weighted by molar-refractivity contribution is -0.122. The third kappa shape index (κ3) is 5.47. The van der Waals surface area contributed by atoms with Gasteiger partial charge >= 0.3 is 0 Å². The molecule has 0 heterocycles. The van der Waals surface area contributed by atoms with Gasteiger partial charge in [0.2, 0.25) is 5.91 Å². The van der Waals surface area contributed by atoms with E-state index in [0.717, 1.165) is 11.0 Å². The zero-order valence-corrected chi connectivity index (χ0v) is 18.7. The summed E-state index contributed by atoms with van der Waals surface area (Å²) in [6, 6.07) is 15.6. The summed E-state index contributed by atoms with van der Waals surface area (Å²) in [4.78, 5) is 26.0. The molecule has 1 unspecified atom stereocenters. The van der Waals surface area contributed by atoms with Crippen LogP contribution in [0, 0.1) is 5.82 Å². The number of rotatable bonds is 8. The molecular weight excluding hydrogens is 449 g/mol. The maximum Gasteiger partial charge on any atom is 0.261 e. The van der Waals surface area contributed by atoms with Gasteiger partial charge in [0, 0.05) is 18.3 Å². The highest BCUT2D eigenvalue weighted by Gasteiger charge is 2.28. The van der Waals surface area contributed by atoms with Crippen molar-refractivity contribution in [3.05, 3.63) is 89.7 Å². The minimum atomic E-state index is -4.01. The van der Waals surface area contributed by atoms with Gasteiger partial charge in [-0.2, -0.15) is 0 Å². The van der Waals surface area contributed by atoms with E-state index in [9.17, 15) is 22.4 Å². The molecule has 3 aromatic carbocycles. The molecule has 3 N–H and O–H groups in total. The number of hydrogen-bond donors (Lipinski definition) is 2. The van der Waals surface area contributed by atoms with Gasteiger partial charge in [-0.3, -0.25) is 14.3 Å². The number of primary amides is 1. The van der Waals surface area contributed by atoms with E-state index in [4.69, 9.17) is 10.5 Å². The lowest BCUT2D eigenvalue weighted by Crippen LogP contribution is -2.39. The molecule has 33 heavy (non-hydrogen) atoms. The number of halogens is 1. The van der Waals surface area contributed by atoms with E-state index in [2.05, 4.69) is 4.72 Å². The summed E-state index contributed by atoms with van der Waals surface area (Å²) in [5, 5.41) is 0. The Morgan fingerprint density at radius 3 is 2.30 bits per heavy atom. The number of anilines is 1. The maximum atomic E-state index is 13.6. The molecule has 0 spiro atoms. The van der Waals surface area contributed by atoms with Crippen molar-refractivity contribution in [2.45, 2.75) is 10.9 Å². The average molecular weight is 472 g/mol. The largest absolute Gasteiger partial charge is 0.497 e. The van der Waals surface area contributed by atoms with Crippen LogP contribution in [0.15, 0.2) is 77.7 Å². The molecule has 3 rings (SSSR count). The van der Waals surface area contributed by atoms with Gasteiger partial charge in [0.25, 0.3) is 15.9 Å². The van der Waals surface area contributed by atoms with Crippen LogP contribution in [-0.2, 0) is 14.8 Å². The second-order valence-electron chi connectivity index (χ2n) is 7.14. The second kappa shape index (κ2) is 9.70. The molecule has 3 aromatic rings. The molecule has 0 aliphatic heterocycles. The quantitative estimate of drug-likeness (QED) is 0.524. The first-order valence-electron chi connectivity index (χ1n) is 9.71. The third-order valence-corrected chi connectivity index (χ3v) is 6.25. The monoisotopic (exact) mass is 471 g/mol. The topological polar surface area (TPSA) is 119 Å². The van der Waals surface area contributed by atoms with Crippen molar-refractivity contribution in [3.63, 3.8) is 0 Å². The number of sulfonamides is 1. The summed E-state index contributed by atoms with van der Waals surface area (Å²) in [6.07, 6.45) is 0. The molecule has 0 fully saturated rings. The van der Waals surface area contributed by atoms with Crippen LogP contribution in [-0.4, -0.2) is 39.3 Å². The minimum absolute atomic E-state index is 0.0118. The van der Waals surface area contributed by atoms with E-state index >= 15 is 0 Å². The summed E-state index contributed by atoms with van der Waals surface area (Å²) >= 11 is 0. The molecule has 10 heteroatoms. The van der Waals surface area contributed by atoms with Gasteiger partial charge in [-0.05, 0) is 60.2 Å². The lowest BCUT2D eigenvalue weighted by Gasteiger charge is -2.26. The number of carbonyl (C=O) groups excluding carboxylic acids is 2. The molecule has 0 saturated carbocycles. The van der Waals surface area contributed by atoms with E-state index < -0.39 is 33.7 Å². The van der Waals surface area contributed by atoms with Crippen LogP contribution in [0.5, 0.6) is 5.75 Å². The van der Waals surface area contributed by atoms with Gasteiger partial charge in [0.1, 0.15) is 17.6 Å². The van der Waals surface area contributed by atoms with E-state index in [1.807, 2.05) is 0 Å². The van der Waals surface area contributed by atoms with Crippen molar-refractivity contribution in [2.24, 2.45) is 5.73 Å². The Kier molecular flexibility index (Phi) is 6.98. The Hall–Kier alpha value is -3.92. The smallest absolute Gasteiger partial charge is 0.261 e. The number of likely N-dealkylation sites (N-methyl/N-ethyl adjacent to an activating group) is 1. The molecule has 172 valence electrons. The molecule has 0 aliphatic rings. The zero-order chi connectivity index (χ0) is 24.2. The van der Waals surface area contributed by atoms with Crippen LogP contribution >= 0.6 is 0 Å². The van der Waals surface area contributed by atoms with Crippen LogP contribution in [0.2, 0.25) is 0 Å². The molecule has 1 atom stereocenters. The summed E-state index contributed by atoms with van der Waals surface area (Å²) in [5.41, 5.74) is 5.99. The number of nitrogens with two attached hydrogens (primary N) is 1. The number of carbonyl (C=O) groups is 2. The van der Waals surface area contributed by atoms with Gasteiger partial charge in [-0.25, -0.2) is 12.8 Å². The Balaban J connectivity index is 1.87. The first-order valence-corrected chi connectivity index (χ1v) is 11.2. The maximum absolute atomic E-state index is 13.6. The van der Waals surface area contributed by atoms with Crippen molar-refractivity contribution in [3.8, 4) is 5.75 Å². The van der Waals surface area contributed by atoms with Gasteiger partial charge in [0.15, 0.2) is 0 Å². The number of benzene rings is 3. The first kappa shape index (κ1) is 23.7. The molecule has 0 radical (unpaired) electrons. The predicted molar refractivity (Wildman–Crippen MR) is 121 cm³/mol. The minimum Gasteiger partial charge on any atom is -0.497 e. The molecule has 0 aliphatic carbocycles. The number of nitrogens with one attached hydrogen (secondary N) is 1. The van der Waals surface area contributed by atoms with Crippen molar-refractivity contribution in [1.82, 2.24) is 4.90 Å². The van der Waals surface area contributed by atoms with Crippen molar-refractivity contribution in [1.29, 1.82) is 0 Å². The number of hydrogen-bond acceptors (Lipinski definition) is 5. The molecule has 8 nitrogen and oxygen atoms in total. The Morgan fingerprint density at radius 1 is 1.03 bits per heavy atom. The number of amides is 2. The molecule has 2 amide bonds. The van der Waals surface area contributed by atoms with Gasteiger partial charge < -0.3 is 15.4 Å². The van der Waals surface area contributed by atoms with E-state index in [0.29, 0.717) is 11.4 Å². The van der Waals surface area contributed by atoms with Crippen molar-refractivity contribution >= 4 is 27.5 Å². The summed E-state index contributed by atoms with van der Waals surface area (Å²) in [5.74, 6) is -1.54. The number of ether oxygens (including phenoxy) is 1. The van der Waals surface area contributed by atoms with Crippen LogP contribution in [0.3, 0.4) is 0 Å². The molecule has 0 aromatic heterocycles. The highest BCUT2D eigenvalue weighted by molar-refractivity contribution is 7.92. The summed E-state index contributed by atoms with van der Waals surface area (Å²) in [7, 11) is -1.18. The van der Waals surface area contributed by atoms with E-state index in [1.54, 1.807) is 12.1 Å². The third-order valence-electron chi connectivity index (χ3n) is 4.88. The van der Waals surface area contributed by atoms with E-state index in [-0.39, 0.29) is 16.0 Å². The highest BCUT2D eigenvalue weighted by Crippen LogP contribution is 2.24. The standard InChI is InChI=1S/C23H22FN3O5S/c1-27(21(22(25)28)15-5-3-7-17(24)13-15)23(29)16-6-4-8-20(14-16)33(30,31)26-18-9-11-19(32-2)12-10-18/h3-14,21,26H,1-2H3,(H2,25,28). The van der Waals surface area contributed by atoms with Crippen molar-refractivity contribution < 1.29 is 27.1 Å².